The van der Waals surface area contributed by atoms with Gasteiger partial charge in [0.2, 0.25) is 29.5 Å². The summed E-state index contributed by atoms with van der Waals surface area (Å²) in [5.41, 5.74) is 7.45. The fraction of sp³-hybridized carbons (Fsp3) is 0.323. The van der Waals surface area contributed by atoms with Crippen LogP contribution in [-0.4, -0.2) is 92.6 Å². The number of carboxylic acids is 2. The monoisotopic (exact) mass is 652 g/mol. The first-order valence-corrected chi connectivity index (χ1v) is 14.5. The Hall–Kier alpha value is -5.77. The summed E-state index contributed by atoms with van der Waals surface area (Å²) in [6.07, 6.45) is -0.321. The lowest BCUT2D eigenvalue weighted by molar-refractivity contribution is -0.141. The van der Waals surface area contributed by atoms with Gasteiger partial charge in [0.25, 0.3) is 0 Å². The molecule has 47 heavy (non-hydrogen) atoms. The van der Waals surface area contributed by atoms with Crippen LogP contribution < -0.4 is 27.0 Å². The van der Waals surface area contributed by atoms with Gasteiger partial charge < -0.3 is 47.3 Å². The van der Waals surface area contributed by atoms with Crippen molar-refractivity contribution in [2.75, 3.05) is 6.61 Å². The van der Waals surface area contributed by atoms with Gasteiger partial charge in [-0.3, -0.25) is 33.6 Å². The number of aromatic amines is 1. The summed E-state index contributed by atoms with van der Waals surface area (Å²) in [6, 6.07) is 9.65. The zero-order valence-electron chi connectivity index (χ0n) is 25.1. The summed E-state index contributed by atoms with van der Waals surface area (Å²) in [5, 5.41) is 38.3. The van der Waals surface area contributed by atoms with Crippen LogP contribution in [0.25, 0.3) is 10.9 Å². The van der Waals surface area contributed by atoms with Crippen molar-refractivity contribution in [1.82, 2.24) is 26.3 Å². The summed E-state index contributed by atoms with van der Waals surface area (Å²) in [7, 11) is 0. The molecular formula is C31H36N6O10. The van der Waals surface area contributed by atoms with E-state index in [4.69, 9.17) is 10.8 Å². The minimum absolute atomic E-state index is 0.0129. The lowest BCUT2D eigenvalue weighted by atomic mass is 10.0. The maximum Gasteiger partial charge on any atom is 0.305 e. The van der Waals surface area contributed by atoms with Gasteiger partial charge in [0.05, 0.1) is 19.4 Å². The molecule has 4 atom stereocenters. The van der Waals surface area contributed by atoms with Gasteiger partial charge in [-0.1, -0.05) is 48.5 Å². The highest BCUT2D eigenvalue weighted by Gasteiger charge is 2.32. The van der Waals surface area contributed by atoms with E-state index in [-0.39, 0.29) is 12.8 Å². The number of aromatic nitrogens is 1. The average molecular weight is 653 g/mol. The second-order valence-electron chi connectivity index (χ2n) is 10.6. The first-order valence-electron chi connectivity index (χ1n) is 14.5. The van der Waals surface area contributed by atoms with E-state index in [1.807, 2.05) is 0 Å². The molecule has 0 unspecified atom stereocenters. The number of aliphatic hydroxyl groups is 1. The molecule has 2 aromatic carbocycles. The topological polar surface area (TPSA) is 270 Å². The highest BCUT2D eigenvalue weighted by molar-refractivity contribution is 5.97. The number of carboxylic acid groups (broad SMARTS) is 2. The number of nitrogens with one attached hydrogen (secondary N) is 5. The van der Waals surface area contributed by atoms with Gasteiger partial charge in [0, 0.05) is 36.4 Å². The molecule has 10 N–H and O–H groups in total. The number of H-pyrrole nitrogens is 1. The van der Waals surface area contributed by atoms with Crippen molar-refractivity contribution in [3.8, 4) is 0 Å². The molecule has 16 heteroatoms. The van der Waals surface area contributed by atoms with Gasteiger partial charge in [0.15, 0.2) is 0 Å². The van der Waals surface area contributed by atoms with Crippen LogP contribution in [0.15, 0.2) is 60.8 Å². The van der Waals surface area contributed by atoms with Gasteiger partial charge >= 0.3 is 11.9 Å². The number of aliphatic carboxylic acids is 2. The molecule has 0 fully saturated rings. The van der Waals surface area contributed by atoms with E-state index in [2.05, 4.69) is 26.3 Å². The smallest absolute Gasteiger partial charge is 0.305 e. The maximum absolute atomic E-state index is 13.4. The molecule has 0 aliphatic rings. The van der Waals surface area contributed by atoms with E-state index in [0.29, 0.717) is 11.1 Å². The normalized spacial score (nSPS) is 13.4. The summed E-state index contributed by atoms with van der Waals surface area (Å²) < 4.78 is 0. The van der Waals surface area contributed by atoms with Crippen LogP contribution >= 0.6 is 0 Å². The highest BCUT2D eigenvalue weighted by atomic mass is 16.4. The fourth-order valence-electron chi connectivity index (χ4n) is 4.68. The van der Waals surface area contributed by atoms with Crippen LogP contribution in [0.5, 0.6) is 0 Å². The lowest BCUT2D eigenvalue weighted by Gasteiger charge is -2.25. The number of hydrogen-bond acceptors (Lipinski definition) is 8. The zero-order valence-corrected chi connectivity index (χ0v) is 25.1. The standard InChI is InChI=1S/C31H36N6O10/c32-28(44)21(12-17-6-2-1-3-7-17)35-30(46)23(14-27(42)43)36-31(47)24(16-38)37-29(45)22(34-25(39)10-11-26(40)41)13-18-15-33-20-9-5-4-8-19(18)20/h1-9,15,21-24,33,38H,10-14,16H2,(H2,32,44)(H,34,39)(H,35,46)(H,36,47)(H,37,45)(H,40,41)(H,42,43)/t21-,22-,23-,24-/m0/s1. The SMILES string of the molecule is NC(=O)[C@H](Cc1ccccc1)NC(=O)[C@H](CC(=O)O)NC(=O)[C@H](CO)NC(=O)[C@H](Cc1c[nH]c2ccccc12)NC(=O)CCC(=O)O. The number of primary amides is 1. The number of benzene rings is 2. The molecule has 1 heterocycles. The Morgan fingerprint density at radius 2 is 1.28 bits per heavy atom. The number of amides is 5. The van der Waals surface area contributed by atoms with E-state index in [0.717, 1.165) is 10.9 Å². The Balaban J connectivity index is 1.75. The van der Waals surface area contributed by atoms with Crippen LogP contribution in [0.3, 0.4) is 0 Å². The van der Waals surface area contributed by atoms with Crippen molar-refractivity contribution in [1.29, 1.82) is 0 Å². The zero-order chi connectivity index (χ0) is 34.5. The second-order valence-corrected chi connectivity index (χ2v) is 10.6. The van der Waals surface area contributed by atoms with Gasteiger partial charge in [-0.05, 0) is 17.2 Å². The average Bonchev–Trinajstić information content (AvgIpc) is 3.44. The van der Waals surface area contributed by atoms with E-state index in [1.165, 1.54) is 0 Å². The largest absolute Gasteiger partial charge is 0.481 e. The fourth-order valence-corrected chi connectivity index (χ4v) is 4.68. The molecule has 1 aromatic heterocycles. The predicted molar refractivity (Wildman–Crippen MR) is 165 cm³/mol. The number of carbonyl (C=O) groups excluding carboxylic acids is 5. The molecule has 5 amide bonds. The van der Waals surface area contributed by atoms with Crippen molar-refractivity contribution in [2.45, 2.75) is 56.3 Å². The number of carbonyl (C=O) groups is 7. The minimum atomic E-state index is -1.73. The Bertz CT molecular complexity index is 1610. The molecule has 0 saturated carbocycles. The highest BCUT2D eigenvalue weighted by Crippen LogP contribution is 2.19. The third-order valence-electron chi connectivity index (χ3n) is 7.09. The third-order valence-corrected chi connectivity index (χ3v) is 7.09. The summed E-state index contributed by atoms with van der Waals surface area (Å²) in [4.78, 5) is 89.6. The molecular weight excluding hydrogens is 616 g/mol. The van der Waals surface area contributed by atoms with Crippen molar-refractivity contribution < 1.29 is 48.9 Å². The Labute approximate surface area is 268 Å². The summed E-state index contributed by atoms with van der Waals surface area (Å²) in [6.45, 7) is -0.982. The summed E-state index contributed by atoms with van der Waals surface area (Å²) >= 11 is 0. The Morgan fingerprint density at radius 3 is 1.91 bits per heavy atom. The molecule has 0 radical (unpaired) electrons. The maximum atomic E-state index is 13.4. The molecule has 0 spiro atoms. The molecule has 250 valence electrons. The molecule has 0 bridgehead atoms. The Morgan fingerprint density at radius 1 is 0.681 bits per heavy atom. The van der Waals surface area contributed by atoms with Crippen molar-refractivity contribution in [2.24, 2.45) is 5.73 Å². The van der Waals surface area contributed by atoms with Gasteiger partial charge in [-0.2, -0.15) is 0 Å². The predicted octanol–water partition coefficient (Wildman–Crippen LogP) is -1.29. The van der Waals surface area contributed by atoms with E-state index >= 15 is 0 Å². The summed E-state index contributed by atoms with van der Waals surface area (Å²) in [5.74, 6) is -7.47. The molecule has 3 rings (SSSR count). The van der Waals surface area contributed by atoms with Crippen LogP contribution in [0.1, 0.15) is 30.4 Å². The molecule has 0 aliphatic carbocycles. The van der Waals surface area contributed by atoms with Crippen LogP contribution in [0.4, 0.5) is 0 Å². The number of fused-ring (bicyclic) bond motifs is 1. The molecule has 16 nitrogen and oxygen atoms in total. The molecule has 0 saturated heterocycles. The van der Waals surface area contributed by atoms with Crippen molar-refractivity contribution in [3.63, 3.8) is 0 Å². The number of hydrogen-bond donors (Lipinski definition) is 9. The molecule has 0 aliphatic heterocycles. The van der Waals surface area contributed by atoms with Crippen LogP contribution in [-0.2, 0) is 46.4 Å². The van der Waals surface area contributed by atoms with Crippen molar-refractivity contribution in [3.05, 3.63) is 71.9 Å². The first-order chi connectivity index (χ1) is 22.4. The number of nitrogens with two attached hydrogens (primary N) is 1. The van der Waals surface area contributed by atoms with Crippen LogP contribution in [0.2, 0.25) is 0 Å². The van der Waals surface area contributed by atoms with Gasteiger partial charge in [0.1, 0.15) is 24.2 Å². The number of para-hydroxylation sites is 1. The van der Waals surface area contributed by atoms with E-state index in [1.54, 1.807) is 60.8 Å². The van der Waals surface area contributed by atoms with Crippen molar-refractivity contribution >= 4 is 52.4 Å². The van der Waals surface area contributed by atoms with E-state index in [9.17, 15) is 43.8 Å². The molecule has 3 aromatic rings. The van der Waals surface area contributed by atoms with E-state index < -0.39 is 91.5 Å². The Kier molecular flexibility index (Phi) is 13.0. The third kappa shape index (κ3) is 11.0. The first kappa shape index (κ1) is 35.7. The van der Waals surface area contributed by atoms with Crippen LogP contribution in [0, 0.1) is 0 Å². The van der Waals surface area contributed by atoms with Gasteiger partial charge in [-0.25, -0.2) is 0 Å². The van der Waals surface area contributed by atoms with Gasteiger partial charge in [-0.15, -0.1) is 0 Å². The second kappa shape index (κ2) is 17.1. The quantitative estimate of drug-likeness (QED) is 0.0784. The lowest BCUT2D eigenvalue weighted by Crippen LogP contribution is -2.59. The minimum Gasteiger partial charge on any atom is -0.481 e. The number of aliphatic hydroxyl groups excluding tert-OH is 1. The number of rotatable bonds is 18.